The van der Waals surface area contributed by atoms with Gasteiger partial charge in [-0.05, 0) is 42.0 Å². The molecule has 4 rings (SSSR count). The summed E-state index contributed by atoms with van der Waals surface area (Å²) in [6, 6.07) is 18.5. The van der Waals surface area contributed by atoms with E-state index in [1.54, 1.807) is 6.07 Å². The highest BCUT2D eigenvalue weighted by Gasteiger charge is 2.30. The number of para-hydroxylation sites is 1. The van der Waals surface area contributed by atoms with E-state index in [1.807, 2.05) is 35.0 Å². The summed E-state index contributed by atoms with van der Waals surface area (Å²) in [5.74, 6) is -0.287. The van der Waals surface area contributed by atoms with Crippen LogP contribution in [0.5, 0.6) is 0 Å². The first kappa shape index (κ1) is 22.9. The smallest absolute Gasteiger partial charge is 0.350 e. The Labute approximate surface area is 192 Å². The van der Waals surface area contributed by atoms with Crippen molar-refractivity contribution in [3.8, 4) is 0 Å². The van der Waals surface area contributed by atoms with Gasteiger partial charge >= 0.3 is 6.18 Å². The summed E-state index contributed by atoms with van der Waals surface area (Å²) < 4.78 is 54.0. The summed E-state index contributed by atoms with van der Waals surface area (Å²) in [5, 5.41) is 3.82. The Morgan fingerprint density at radius 3 is 2.48 bits per heavy atom. The van der Waals surface area contributed by atoms with E-state index in [1.165, 1.54) is 48.2 Å². The standard InChI is InChI=1S/C25H20F4N2OS/c26-20-10-8-18(9-11-20)24(32)30-12-13-31-15-23(21-6-1-2-7-22(21)31)33-16-17-4-3-5-19(14-17)25(27,28)29/h1-11,14-15H,12-13,16H2,(H,30,32). The van der Waals surface area contributed by atoms with Crippen molar-refractivity contribution in [1.82, 2.24) is 9.88 Å². The van der Waals surface area contributed by atoms with Crippen LogP contribution < -0.4 is 5.32 Å². The van der Waals surface area contributed by atoms with E-state index in [-0.39, 0.29) is 5.91 Å². The molecule has 170 valence electrons. The normalized spacial score (nSPS) is 11.6. The first-order valence-electron chi connectivity index (χ1n) is 10.2. The number of nitrogens with zero attached hydrogens (tertiary/aromatic N) is 1. The topological polar surface area (TPSA) is 34.0 Å². The van der Waals surface area contributed by atoms with Gasteiger partial charge in [0.1, 0.15) is 5.82 Å². The number of aromatic nitrogens is 1. The van der Waals surface area contributed by atoms with Crippen molar-refractivity contribution in [2.24, 2.45) is 0 Å². The van der Waals surface area contributed by atoms with Gasteiger partial charge < -0.3 is 9.88 Å². The van der Waals surface area contributed by atoms with Crippen molar-refractivity contribution in [3.05, 3.63) is 102 Å². The van der Waals surface area contributed by atoms with Gasteiger partial charge in [0, 0.05) is 46.4 Å². The SMILES string of the molecule is O=C(NCCn1cc(SCc2cccc(C(F)(F)F)c2)c2ccccc21)c1ccc(F)cc1. The zero-order valence-corrected chi connectivity index (χ0v) is 18.2. The number of amides is 1. The summed E-state index contributed by atoms with van der Waals surface area (Å²) in [4.78, 5) is 13.2. The predicted molar refractivity (Wildman–Crippen MR) is 122 cm³/mol. The molecule has 1 N–H and O–H groups in total. The maximum Gasteiger partial charge on any atom is 0.416 e. The molecule has 0 spiro atoms. The van der Waals surface area contributed by atoms with Crippen LogP contribution in [-0.2, 0) is 18.5 Å². The maximum absolute atomic E-state index is 13.0. The minimum atomic E-state index is -4.37. The van der Waals surface area contributed by atoms with Crippen LogP contribution >= 0.6 is 11.8 Å². The van der Waals surface area contributed by atoms with Crippen molar-refractivity contribution in [2.75, 3.05) is 6.54 Å². The lowest BCUT2D eigenvalue weighted by molar-refractivity contribution is -0.137. The van der Waals surface area contributed by atoms with Gasteiger partial charge in [0.05, 0.1) is 5.56 Å². The summed E-state index contributed by atoms with van der Waals surface area (Å²) in [5.41, 5.74) is 1.30. The molecular formula is C25H20F4N2OS. The van der Waals surface area contributed by atoms with Gasteiger partial charge in [0.15, 0.2) is 0 Å². The Balaban J connectivity index is 1.44. The number of thioether (sulfide) groups is 1. The van der Waals surface area contributed by atoms with Gasteiger partial charge in [-0.3, -0.25) is 4.79 Å². The molecule has 1 amide bonds. The van der Waals surface area contributed by atoms with Gasteiger partial charge in [-0.2, -0.15) is 13.2 Å². The Hall–Kier alpha value is -3.26. The third kappa shape index (κ3) is 5.57. The number of carbonyl (C=O) groups is 1. The molecule has 3 aromatic carbocycles. The highest BCUT2D eigenvalue weighted by atomic mass is 32.2. The number of fused-ring (bicyclic) bond motifs is 1. The van der Waals surface area contributed by atoms with Gasteiger partial charge in [-0.25, -0.2) is 4.39 Å². The molecule has 0 bridgehead atoms. The van der Waals surface area contributed by atoms with Crippen LogP contribution in [0.15, 0.2) is 83.9 Å². The second-order valence-electron chi connectivity index (χ2n) is 7.45. The Kier molecular flexibility index (Phi) is 6.74. The fraction of sp³-hybridized carbons (Fsp3) is 0.160. The highest BCUT2D eigenvalue weighted by Crippen LogP contribution is 2.34. The number of hydrogen-bond acceptors (Lipinski definition) is 2. The Morgan fingerprint density at radius 2 is 1.73 bits per heavy atom. The molecule has 0 aliphatic rings. The predicted octanol–water partition coefficient (Wildman–Crippen LogP) is 6.52. The van der Waals surface area contributed by atoms with E-state index >= 15 is 0 Å². The van der Waals surface area contributed by atoms with Crippen molar-refractivity contribution in [2.45, 2.75) is 23.4 Å². The molecule has 1 aromatic heterocycles. The van der Waals surface area contributed by atoms with Gasteiger partial charge in [0.2, 0.25) is 0 Å². The van der Waals surface area contributed by atoms with Crippen LogP contribution in [0.2, 0.25) is 0 Å². The lowest BCUT2D eigenvalue weighted by Crippen LogP contribution is -2.27. The minimum Gasteiger partial charge on any atom is -0.350 e. The summed E-state index contributed by atoms with van der Waals surface area (Å²) >= 11 is 1.47. The molecule has 0 aliphatic heterocycles. The third-order valence-electron chi connectivity index (χ3n) is 5.15. The molecule has 0 fully saturated rings. The second kappa shape index (κ2) is 9.70. The average Bonchev–Trinajstić information content (AvgIpc) is 3.15. The molecule has 0 radical (unpaired) electrons. The van der Waals surface area contributed by atoms with E-state index in [2.05, 4.69) is 5.32 Å². The Bertz CT molecular complexity index is 1270. The van der Waals surface area contributed by atoms with Crippen LogP contribution in [0.1, 0.15) is 21.5 Å². The fourth-order valence-electron chi connectivity index (χ4n) is 3.50. The second-order valence-corrected chi connectivity index (χ2v) is 8.47. The molecule has 0 atom stereocenters. The van der Waals surface area contributed by atoms with Crippen LogP contribution in [0.25, 0.3) is 10.9 Å². The lowest BCUT2D eigenvalue weighted by Gasteiger charge is -2.08. The van der Waals surface area contributed by atoms with E-state index in [0.29, 0.717) is 30.0 Å². The van der Waals surface area contributed by atoms with Crippen LogP contribution in [0.3, 0.4) is 0 Å². The van der Waals surface area contributed by atoms with E-state index in [0.717, 1.165) is 21.9 Å². The molecule has 0 aliphatic carbocycles. The summed E-state index contributed by atoms with van der Waals surface area (Å²) in [6.07, 6.45) is -2.41. The Morgan fingerprint density at radius 1 is 0.970 bits per heavy atom. The maximum atomic E-state index is 13.0. The molecule has 1 heterocycles. The molecule has 0 saturated carbocycles. The van der Waals surface area contributed by atoms with Crippen molar-refractivity contribution < 1.29 is 22.4 Å². The third-order valence-corrected chi connectivity index (χ3v) is 6.26. The molecule has 4 aromatic rings. The number of carbonyl (C=O) groups excluding carboxylic acids is 1. The quantitative estimate of drug-likeness (QED) is 0.245. The number of benzene rings is 3. The van der Waals surface area contributed by atoms with Crippen LogP contribution in [0, 0.1) is 5.82 Å². The molecule has 0 saturated heterocycles. The van der Waals surface area contributed by atoms with Crippen LogP contribution in [0.4, 0.5) is 17.6 Å². The van der Waals surface area contributed by atoms with Gasteiger partial charge in [-0.1, -0.05) is 36.4 Å². The molecule has 0 unspecified atom stereocenters. The number of nitrogens with one attached hydrogen (secondary N) is 1. The number of hydrogen-bond donors (Lipinski definition) is 1. The zero-order valence-electron chi connectivity index (χ0n) is 17.4. The molecule has 33 heavy (non-hydrogen) atoms. The first-order valence-corrected chi connectivity index (χ1v) is 11.2. The summed E-state index contributed by atoms with van der Waals surface area (Å²) in [7, 11) is 0. The minimum absolute atomic E-state index is 0.286. The first-order chi connectivity index (χ1) is 15.8. The molecule has 3 nitrogen and oxygen atoms in total. The average molecular weight is 473 g/mol. The number of rotatable bonds is 7. The lowest BCUT2D eigenvalue weighted by atomic mass is 10.1. The molecular weight excluding hydrogens is 452 g/mol. The van der Waals surface area contributed by atoms with Crippen molar-refractivity contribution in [3.63, 3.8) is 0 Å². The van der Waals surface area contributed by atoms with Crippen molar-refractivity contribution in [1.29, 1.82) is 0 Å². The van der Waals surface area contributed by atoms with Gasteiger partial charge in [0.25, 0.3) is 5.91 Å². The monoisotopic (exact) mass is 472 g/mol. The largest absolute Gasteiger partial charge is 0.416 e. The van der Waals surface area contributed by atoms with E-state index in [4.69, 9.17) is 0 Å². The zero-order chi connectivity index (χ0) is 23.4. The number of halogens is 4. The summed E-state index contributed by atoms with van der Waals surface area (Å²) in [6.45, 7) is 0.879. The number of alkyl halides is 3. The van der Waals surface area contributed by atoms with E-state index in [9.17, 15) is 22.4 Å². The van der Waals surface area contributed by atoms with Crippen molar-refractivity contribution >= 4 is 28.6 Å². The van der Waals surface area contributed by atoms with Gasteiger partial charge in [-0.15, -0.1) is 11.8 Å². The van der Waals surface area contributed by atoms with E-state index < -0.39 is 17.6 Å². The van der Waals surface area contributed by atoms with Crippen LogP contribution in [-0.4, -0.2) is 17.0 Å². The highest BCUT2D eigenvalue weighted by molar-refractivity contribution is 7.98. The molecule has 8 heteroatoms. The fourth-order valence-corrected chi connectivity index (χ4v) is 4.54.